The van der Waals surface area contributed by atoms with Gasteiger partial charge < -0.3 is 4.74 Å². The van der Waals surface area contributed by atoms with Gasteiger partial charge in [0, 0.05) is 6.42 Å². The number of esters is 1. The number of carbonyl (C=O) groups is 1. The molecule has 0 saturated carbocycles. The van der Waals surface area contributed by atoms with Gasteiger partial charge >= 0.3 is 5.97 Å². The third-order valence-electron chi connectivity index (χ3n) is 4.25. The van der Waals surface area contributed by atoms with Crippen LogP contribution in [0.15, 0.2) is 0 Å². The van der Waals surface area contributed by atoms with Crippen LogP contribution in [0.2, 0.25) is 0 Å². The van der Waals surface area contributed by atoms with E-state index in [0.717, 1.165) is 12.8 Å². The van der Waals surface area contributed by atoms with Gasteiger partial charge in [-0.05, 0) is 12.8 Å². The number of unbranched alkanes of at least 4 members (excludes halogenated alkanes) is 13. The highest BCUT2D eigenvalue weighted by Crippen LogP contribution is 2.11. The Hall–Kier alpha value is -0.530. The standard InChI is InChI=1S/C20H40O2/c1-3-5-7-9-10-11-12-13-15-17-19-22-20(21)18-16-14-8-6-4-2/h3-19H2,1-2H3. The Kier molecular flexibility index (Phi) is 18.1. The van der Waals surface area contributed by atoms with Gasteiger partial charge in [0.25, 0.3) is 0 Å². The first kappa shape index (κ1) is 21.5. The van der Waals surface area contributed by atoms with Gasteiger partial charge in [-0.25, -0.2) is 0 Å². The zero-order chi connectivity index (χ0) is 16.3. The first-order valence-electron chi connectivity index (χ1n) is 9.96. The van der Waals surface area contributed by atoms with E-state index in [1.807, 2.05) is 0 Å². The summed E-state index contributed by atoms with van der Waals surface area (Å²) in [6, 6.07) is 0. The minimum atomic E-state index is 0.00687. The second-order valence-corrected chi connectivity index (χ2v) is 6.57. The Morgan fingerprint density at radius 3 is 1.50 bits per heavy atom. The molecular weight excluding hydrogens is 272 g/mol. The highest BCUT2D eigenvalue weighted by Gasteiger charge is 2.02. The van der Waals surface area contributed by atoms with Gasteiger partial charge in [-0.2, -0.15) is 0 Å². The molecule has 0 saturated heterocycles. The molecule has 0 aliphatic rings. The molecule has 22 heavy (non-hydrogen) atoms. The van der Waals surface area contributed by atoms with Crippen LogP contribution in [0.5, 0.6) is 0 Å². The van der Waals surface area contributed by atoms with Crippen molar-refractivity contribution < 1.29 is 9.53 Å². The highest BCUT2D eigenvalue weighted by molar-refractivity contribution is 5.69. The van der Waals surface area contributed by atoms with Crippen LogP contribution in [0.3, 0.4) is 0 Å². The van der Waals surface area contributed by atoms with Crippen molar-refractivity contribution >= 4 is 5.97 Å². The summed E-state index contributed by atoms with van der Waals surface area (Å²) in [5.41, 5.74) is 0. The fraction of sp³-hybridized carbons (Fsp3) is 0.950. The molecule has 0 aliphatic carbocycles. The fourth-order valence-electron chi connectivity index (χ4n) is 2.72. The van der Waals surface area contributed by atoms with Crippen LogP contribution in [0.1, 0.15) is 117 Å². The molecule has 2 heteroatoms. The van der Waals surface area contributed by atoms with E-state index in [9.17, 15) is 4.79 Å². The van der Waals surface area contributed by atoms with Gasteiger partial charge in [-0.15, -0.1) is 0 Å². The van der Waals surface area contributed by atoms with Crippen molar-refractivity contribution in [1.82, 2.24) is 0 Å². The summed E-state index contributed by atoms with van der Waals surface area (Å²) in [6.45, 7) is 5.10. The Balaban J connectivity index is 3.10. The van der Waals surface area contributed by atoms with Crippen LogP contribution in [-0.4, -0.2) is 12.6 Å². The lowest BCUT2D eigenvalue weighted by Gasteiger charge is -2.05. The highest BCUT2D eigenvalue weighted by atomic mass is 16.5. The van der Waals surface area contributed by atoms with Crippen molar-refractivity contribution in [3.05, 3.63) is 0 Å². The maximum Gasteiger partial charge on any atom is 0.305 e. The van der Waals surface area contributed by atoms with Gasteiger partial charge in [0.1, 0.15) is 0 Å². The monoisotopic (exact) mass is 312 g/mol. The summed E-state index contributed by atoms with van der Waals surface area (Å²) in [6.07, 6.45) is 19.8. The summed E-state index contributed by atoms with van der Waals surface area (Å²) < 4.78 is 5.28. The molecule has 0 amide bonds. The Labute approximate surface area is 139 Å². The van der Waals surface area contributed by atoms with Crippen LogP contribution < -0.4 is 0 Å². The molecule has 0 heterocycles. The van der Waals surface area contributed by atoms with Crippen LogP contribution in [-0.2, 0) is 9.53 Å². The zero-order valence-electron chi connectivity index (χ0n) is 15.3. The van der Waals surface area contributed by atoms with Crippen molar-refractivity contribution in [2.45, 2.75) is 117 Å². The lowest BCUT2D eigenvalue weighted by Crippen LogP contribution is -2.05. The topological polar surface area (TPSA) is 26.3 Å². The van der Waals surface area contributed by atoms with Crippen LogP contribution in [0.4, 0.5) is 0 Å². The summed E-state index contributed by atoms with van der Waals surface area (Å²) >= 11 is 0. The van der Waals surface area contributed by atoms with Crippen molar-refractivity contribution in [2.24, 2.45) is 0 Å². The molecule has 2 nitrogen and oxygen atoms in total. The van der Waals surface area contributed by atoms with E-state index < -0.39 is 0 Å². The van der Waals surface area contributed by atoms with Gasteiger partial charge in [0.05, 0.1) is 6.61 Å². The van der Waals surface area contributed by atoms with Crippen molar-refractivity contribution in [3.8, 4) is 0 Å². The zero-order valence-corrected chi connectivity index (χ0v) is 15.3. The number of hydrogen-bond acceptors (Lipinski definition) is 2. The lowest BCUT2D eigenvalue weighted by molar-refractivity contribution is -0.143. The molecule has 0 fully saturated rings. The minimum absolute atomic E-state index is 0.00687. The normalized spacial score (nSPS) is 10.8. The first-order chi connectivity index (χ1) is 10.8. The minimum Gasteiger partial charge on any atom is -0.466 e. The van der Waals surface area contributed by atoms with Crippen LogP contribution in [0, 0.1) is 0 Å². The van der Waals surface area contributed by atoms with Crippen molar-refractivity contribution in [2.75, 3.05) is 6.61 Å². The Morgan fingerprint density at radius 1 is 0.591 bits per heavy atom. The Bertz CT molecular complexity index is 226. The molecule has 132 valence electrons. The summed E-state index contributed by atoms with van der Waals surface area (Å²) in [5.74, 6) is 0.00687. The van der Waals surface area contributed by atoms with E-state index in [1.165, 1.54) is 83.5 Å². The van der Waals surface area contributed by atoms with Gasteiger partial charge in [0.15, 0.2) is 0 Å². The van der Waals surface area contributed by atoms with E-state index >= 15 is 0 Å². The van der Waals surface area contributed by atoms with E-state index in [2.05, 4.69) is 13.8 Å². The summed E-state index contributed by atoms with van der Waals surface area (Å²) in [4.78, 5) is 11.5. The maximum absolute atomic E-state index is 11.5. The number of carbonyl (C=O) groups excluding carboxylic acids is 1. The molecule has 0 N–H and O–H groups in total. The van der Waals surface area contributed by atoms with Crippen molar-refractivity contribution in [1.29, 1.82) is 0 Å². The molecule has 0 spiro atoms. The predicted octanol–water partition coefficient (Wildman–Crippen LogP) is 6.81. The molecule has 0 aromatic carbocycles. The van der Waals surface area contributed by atoms with Crippen LogP contribution in [0.25, 0.3) is 0 Å². The summed E-state index contributed by atoms with van der Waals surface area (Å²) in [5, 5.41) is 0. The maximum atomic E-state index is 11.5. The van der Waals surface area contributed by atoms with E-state index in [-0.39, 0.29) is 5.97 Å². The third kappa shape index (κ3) is 17.5. The smallest absolute Gasteiger partial charge is 0.305 e. The second kappa shape index (κ2) is 18.5. The lowest BCUT2D eigenvalue weighted by atomic mass is 10.1. The molecule has 0 bridgehead atoms. The largest absolute Gasteiger partial charge is 0.466 e. The molecule has 0 radical (unpaired) electrons. The molecular formula is C20H40O2. The van der Waals surface area contributed by atoms with Gasteiger partial charge in [0.2, 0.25) is 0 Å². The van der Waals surface area contributed by atoms with E-state index in [0.29, 0.717) is 13.0 Å². The van der Waals surface area contributed by atoms with Gasteiger partial charge in [-0.3, -0.25) is 4.79 Å². The fourth-order valence-corrected chi connectivity index (χ4v) is 2.72. The number of rotatable bonds is 17. The molecule has 0 rings (SSSR count). The SMILES string of the molecule is CCCCCCCCCCCCOC(=O)CCCCCCC. The average molecular weight is 313 g/mol. The van der Waals surface area contributed by atoms with Gasteiger partial charge in [-0.1, -0.05) is 97.3 Å². The molecule has 0 aromatic rings. The quantitative estimate of drug-likeness (QED) is 0.218. The number of ether oxygens (including phenoxy) is 1. The van der Waals surface area contributed by atoms with E-state index in [4.69, 9.17) is 4.74 Å². The average Bonchev–Trinajstić information content (AvgIpc) is 2.52. The Morgan fingerprint density at radius 2 is 1.00 bits per heavy atom. The van der Waals surface area contributed by atoms with E-state index in [1.54, 1.807) is 0 Å². The first-order valence-corrected chi connectivity index (χ1v) is 9.96. The van der Waals surface area contributed by atoms with Crippen LogP contribution >= 0.6 is 0 Å². The second-order valence-electron chi connectivity index (χ2n) is 6.57. The molecule has 0 atom stereocenters. The molecule has 0 aromatic heterocycles. The number of hydrogen-bond donors (Lipinski definition) is 0. The third-order valence-corrected chi connectivity index (χ3v) is 4.25. The molecule has 0 unspecified atom stereocenters. The predicted molar refractivity (Wildman–Crippen MR) is 96.2 cm³/mol. The van der Waals surface area contributed by atoms with Crippen molar-refractivity contribution in [3.63, 3.8) is 0 Å². The molecule has 0 aliphatic heterocycles. The summed E-state index contributed by atoms with van der Waals surface area (Å²) in [7, 11) is 0.